The lowest BCUT2D eigenvalue weighted by Crippen LogP contribution is -1.99. The van der Waals surface area contributed by atoms with E-state index in [1.54, 1.807) is 18.3 Å². The summed E-state index contributed by atoms with van der Waals surface area (Å²) in [6.07, 6.45) is 1.74. The number of fused-ring (bicyclic) bond motifs is 1. The lowest BCUT2D eigenvalue weighted by atomic mass is 10.2. The van der Waals surface area contributed by atoms with Gasteiger partial charge in [0, 0.05) is 22.7 Å². The maximum atomic E-state index is 6.17. The predicted molar refractivity (Wildman–Crippen MR) is 119 cm³/mol. The number of benzene rings is 3. The van der Waals surface area contributed by atoms with Crippen LogP contribution in [0.15, 0.2) is 71.8 Å². The van der Waals surface area contributed by atoms with E-state index in [1.165, 1.54) is 0 Å². The van der Waals surface area contributed by atoms with Gasteiger partial charge in [0.25, 0.3) is 0 Å². The Morgan fingerprint density at radius 3 is 2.62 bits per heavy atom. The topological polar surface area (TPSA) is 51.4 Å². The molecule has 0 aliphatic heterocycles. The minimum Gasteiger partial charge on any atom is -0.489 e. The number of nitrogens with zero attached hydrogens (tertiary/aromatic N) is 3. The second-order valence-corrected chi connectivity index (χ2v) is 7.29. The zero-order chi connectivity index (χ0) is 20.2. The number of hydrogen-bond donors (Lipinski definition) is 1. The molecule has 0 unspecified atom stereocenters. The standard InChI is InChI=1S/C22H18Cl2N4O/c1-28-21-5-3-2-4-20(21)26-22(28)27-25-13-15-6-10-18(11-7-15)29-14-16-8-9-17(23)12-19(16)24/h2-13H,14H2,1H3,(H,26,27)/b25-13-. The summed E-state index contributed by atoms with van der Waals surface area (Å²) in [5.41, 5.74) is 6.78. The van der Waals surface area contributed by atoms with Crippen LogP contribution >= 0.6 is 23.2 Å². The van der Waals surface area contributed by atoms with E-state index in [2.05, 4.69) is 15.5 Å². The zero-order valence-electron chi connectivity index (χ0n) is 15.6. The molecule has 0 spiro atoms. The molecule has 146 valence electrons. The quantitative estimate of drug-likeness (QED) is 0.309. The Morgan fingerprint density at radius 2 is 1.86 bits per heavy atom. The van der Waals surface area contributed by atoms with Gasteiger partial charge in [-0.05, 0) is 54.1 Å². The van der Waals surface area contributed by atoms with Gasteiger partial charge < -0.3 is 9.30 Å². The largest absolute Gasteiger partial charge is 0.489 e. The molecule has 4 aromatic rings. The van der Waals surface area contributed by atoms with Crippen LogP contribution in [0.2, 0.25) is 10.0 Å². The maximum Gasteiger partial charge on any atom is 0.224 e. The van der Waals surface area contributed by atoms with E-state index in [4.69, 9.17) is 27.9 Å². The summed E-state index contributed by atoms with van der Waals surface area (Å²) in [6.45, 7) is 0.373. The van der Waals surface area contributed by atoms with E-state index in [0.717, 1.165) is 27.9 Å². The molecule has 0 saturated heterocycles. The Morgan fingerprint density at radius 1 is 1.07 bits per heavy atom. The first-order valence-corrected chi connectivity index (χ1v) is 9.73. The summed E-state index contributed by atoms with van der Waals surface area (Å²) in [6, 6.07) is 20.9. The van der Waals surface area contributed by atoms with E-state index < -0.39 is 0 Å². The highest BCUT2D eigenvalue weighted by molar-refractivity contribution is 6.35. The van der Waals surface area contributed by atoms with E-state index in [-0.39, 0.29) is 0 Å². The van der Waals surface area contributed by atoms with Crippen molar-refractivity contribution >= 4 is 46.4 Å². The zero-order valence-corrected chi connectivity index (χ0v) is 17.2. The second-order valence-electron chi connectivity index (χ2n) is 6.45. The summed E-state index contributed by atoms with van der Waals surface area (Å²) in [4.78, 5) is 4.52. The average Bonchev–Trinajstić information content (AvgIpc) is 3.04. The van der Waals surface area contributed by atoms with Crippen LogP contribution in [-0.4, -0.2) is 15.8 Å². The van der Waals surface area contributed by atoms with Crippen molar-refractivity contribution in [3.8, 4) is 5.75 Å². The van der Waals surface area contributed by atoms with Crippen LogP contribution in [0.3, 0.4) is 0 Å². The number of rotatable bonds is 6. The van der Waals surface area contributed by atoms with E-state index in [1.807, 2.05) is 66.2 Å². The van der Waals surface area contributed by atoms with Crippen LogP contribution in [0.4, 0.5) is 5.95 Å². The molecule has 3 aromatic carbocycles. The van der Waals surface area contributed by atoms with Crippen LogP contribution < -0.4 is 10.2 Å². The molecule has 29 heavy (non-hydrogen) atoms. The van der Waals surface area contributed by atoms with Crippen molar-refractivity contribution in [2.75, 3.05) is 5.43 Å². The number of ether oxygens (including phenoxy) is 1. The Balaban J connectivity index is 1.36. The third kappa shape index (κ3) is 4.53. The van der Waals surface area contributed by atoms with Gasteiger partial charge in [0.15, 0.2) is 0 Å². The number of hydrogen-bond acceptors (Lipinski definition) is 4. The smallest absolute Gasteiger partial charge is 0.224 e. The van der Waals surface area contributed by atoms with Crippen LogP contribution in [0.1, 0.15) is 11.1 Å². The van der Waals surface area contributed by atoms with Crippen molar-refractivity contribution in [3.05, 3.63) is 87.9 Å². The molecule has 1 heterocycles. The van der Waals surface area contributed by atoms with Gasteiger partial charge in [-0.3, -0.25) is 0 Å². The summed E-state index contributed by atoms with van der Waals surface area (Å²) in [5.74, 6) is 1.43. The van der Waals surface area contributed by atoms with Crippen molar-refractivity contribution in [1.82, 2.24) is 9.55 Å². The van der Waals surface area contributed by atoms with Crippen molar-refractivity contribution in [2.45, 2.75) is 6.61 Å². The highest BCUT2D eigenvalue weighted by Crippen LogP contribution is 2.23. The van der Waals surface area contributed by atoms with Gasteiger partial charge in [-0.15, -0.1) is 0 Å². The Kier molecular flexibility index (Phi) is 5.69. The highest BCUT2D eigenvalue weighted by Gasteiger charge is 2.05. The van der Waals surface area contributed by atoms with Crippen LogP contribution in [-0.2, 0) is 13.7 Å². The number of aromatic nitrogens is 2. The summed E-state index contributed by atoms with van der Waals surface area (Å²) < 4.78 is 7.75. The number of para-hydroxylation sites is 2. The third-order valence-electron chi connectivity index (χ3n) is 4.45. The lowest BCUT2D eigenvalue weighted by Gasteiger charge is -2.08. The fourth-order valence-electron chi connectivity index (χ4n) is 2.86. The number of imidazole rings is 1. The Hall–Kier alpha value is -3.02. The number of anilines is 1. The molecule has 0 radical (unpaired) electrons. The molecule has 0 atom stereocenters. The van der Waals surface area contributed by atoms with Gasteiger partial charge in [0.1, 0.15) is 12.4 Å². The van der Waals surface area contributed by atoms with E-state index >= 15 is 0 Å². The van der Waals surface area contributed by atoms with E-state index in [0.29, 0.717) is 22.6 Å². The molecule has 1 aromatic heterocycles. The normalized spacial score (nSPS) is 11.3. The summed E-state index contributed by atoms with van der Waals surface area (Å²) >= 11 is 12.1. The van der Waals surface area contributed by atoms with Crippen molar-refractivity contribution < 1.29 is 4.74 Å². The third-order valence-corrected chi connectivity index (χ3v) is 5.04. The molecule has 0 saturated carbocycles. The fraction of sp³-hybridized carbons (Fsp3) is 0.0909. The van der Waals surface area contributed by atoms with Gasteiger partial charge in [-0.1, -0.05) is 41.4 Å². The van der Waals surface area contributed by atoms with Gasteiger partial charge in [0.05, 0.1) is 17.2 Å². The van der Waals surface area contributed by atoms with E-state index in [9.17, 15) is 0 Å². The molecular weight excluding hydrogens is 407 g/mol. The first-order chi connectivity index (χ1) is 14.1. The maximum absolute atomic E-state index is 6.17. The Labute approximate surface area is 178 Å². The van der Waals surface area contributed by atoms with Crippen molar-refractivity contribution in [2.24, 2.45) is 12.1 Å². The Bertz CT molecular complexity index is 1170. The number of halogens is 2. The molecule has 0 aliphatic carbocycles. The molecule has 0 fully saturated rings. The first kappa shape index (κ1) is 19.3. The monoisotopic (exact) mass is 424 g/mol. The number of aryl methyl sites for hydroxylation is 1. The molecule has 5 nitrogen and oxygen atoms in total. The molecule has 0 aliphatic rings. The predicted octanol–water partition coefficient (Wildman–Crippen LogP) is 5.91. The van der Waals surface area contributed by atoms with Crippen LogP contribution in [0, 0.1) is 0 Å². The molecule has 7 heteroatoms. The minimum atomic E-state index is 0.373. The first-order valence-electron chi connectivity index (χ1n) is 8.97. The van der Waals surface area contributed by atoms with Crippen molar-refractivity contribution in [1.29, 1.82) is 0 Å². The minimum absolute atomic E-state index is 0.373. The fourth-order valence-corrected chi connectivity index (χ4v) is 3.32. The molecule has 0 amide bonds. The summed E-state index contributed by atoms with van der Waals surface area (Å²) in [7, 11) is 1.95. The van der Waals surface area contributed by atoms with Crippen molar-refractivity contribution in [3.63, 3.8) is 0 Å². The van der Waals surface area contributed by atoms with Gasteiger partial charge in [-0.2, -0.15) is 5.10 Å². The van der Waals surface area contributed by atoms with Gasteiger partial charge in [0.2, 0.25) is 5.95 Å². The van der Waals surface area contributed by atoms with Crippen LogP contribution in [0.25, 0.3) is 11.0 Å². The average molecular weight is 425 g/mol. The summed E-state index contributed by atoms with van der Waals surface area (Å²) in [5, 5.41) is 5.48. The molecule has 1 N–H and O–H groups in total. The molecular formula is C22H18Cl2N4O. The number of nitrogens with one attached hydrogen (secondary N) is 1. The molecule has 0 bridgehead atoms. The van der Waals surface area contributed by atoms with Gasteiger partial charge >= 0.3 is 0 Å². The van der Waals surface area contributed by atoms with Gasteiger partial charge in [-0.25, -0.2) is 10.4 Å². The molecule has 4 rings (SSSR count). The highest BCUT2D eigenvalue weighted by atomic mass is 35.5. The SMILES string of the molecule is Cn1c(N/N=C\c2ccc(OCc3ccc(Cl)cc3Cl)cc2)nc2ccccc21. The second kappa shape index (κ2) is 8.55. The van der Waals surface area contributed by atoms with Crippen LogP contribution in [0.5, 0.6) is 5.75 Å². The lowest BCUT2D eigenvalue weighted by molar-refractivity contribution is 0.306. The number of hydrazone groups is 1.